The van der Waals surface area contributed by atoms with Crippen LogP contribution in [0.15, 0.2) is 29.4 Å². The quantitative estimate of drug-likeness (QED) is 0.561. The maximum atomic E-state index is 11.5. The van der Waals surface area contributed by atoms with Gasteiger partial charge in [0.1, 0.15) is 0 Å². The summed E-state index contributed by atoms with van der Waals surface area (Å²) in [4.78, 5) is 16.7. The lowest BCUT2D eigenvalue weighted by Gasteiger charge is -2.08. The highest BCUT2D eigenvalue weighted by atomic mass is 16.7. The van der Waals surface area contributed by atoms with Gasteiger partial charge in [0.05, 0.1) is 19.8 Å². The molecule has 1 heterocycles. The Hall–Kier alpha value is -2.14. The molecule has 25 heavy (non-hydrogen) atoms. The summed E-state index contributed by atoms with van der Waals surface area (Å²) in [7, 11) is 0. The molecule has 1 aromatic carbocycles. The molecule has 0 N–H and O–H groups in total. The van der Waals surface area contributed by atoms with Gasteiger partial charge >= 0.3 is 5.97 Å². The number of benzene rings is 1. The van der Waals surface area contributed by atoms with Crippen LogP contribution in [0.3, 0.4) is 0 Å². The van der Waals surface area contributed by atoms with E-state index in [0.29, 0.717) is 32.0 Å². The monoisotopic (exact) mass is 347 g/mol. The van der Waals surface area contributed by atoms with E-state index in [1.54, 1.807) is 6.92 Å². The largest absolute Gasteiger partial charge is 0.461 e. The van der Waals surface area contributed by atoms with Crippen LogP contribution < -0.4 is 10.4 Å². The Balaban J connectivity index is 0.00000151. The van der Waals surface area contributed by atoms with Crippen molar-refractivity contribution < 1.29 is 19.1 Å². The summed E-state index contributed by atoms with van der Waals surface area (Å²) in [6.45, 7) is 9.15. The lowest BCUT2D eigenvalue weighted by Crippen LogP contribution is -2.23. The maximum Gasteiger partial charge on any atom is 0.356 e. The minimum Gasteiger partial charge on any atom is -0.461 e. The van der Waals surface area contributed by atoms with Crippen molar-refractivity contribution in [3.8, 4) is 0 Å². The van der Waals surface area contributed by atoms with Crippen molar-refractivity contribution in [2.45, 2.75) is 46.6 Å². The molecule has 0 spiro atoms. The van der Waals surface area contributed by atoms with Crippen LogP contribution in [0.1, 0.15) is 40.5 Å². The van der Waals surface area contributed by atoms with E-state index >= 15 is 0 Å². The number of esters is 1. The fraction of sp³-hybridized carbons (Fsp3) is 0.500. The summed E-state index contributed by atoms with van der Waals surface area (Å²) in [6.07, 6.45) is 5.31. The Kier molecular flexibility index (Phi) is 10.2. The van der Waals surface area contributed by atoms with Crippen LogP contribution in [-0.2, 0) is 19.1 Å². The predicted molar refractivity (Wildman–Crippen MR) is 101 cm³/mol. The van der Waals surface area contributed by atoms with E-state index in [-0.39, 0.29) is 6.10 Å². The van der Waals surface area contributed by atoms with Crippen LogP contribution >= 0.6 is 0 Å². The van der Waals surface area contributed by atoms with Crippen molar-refractivity contribution in [3.63, 3.8) is 0 Å². The van der Waals surface area contributed by atoms with Gasteiger partial charge in [0, 0.05) is 6.42 Å². The second kappa shape index (κ2) is 12.3. The van der Waals surface area contributed by atoms with E-state index in [2.05, 4.69) is 29.4 Å². The Morgan fingerprint density at radius 1 is 1.32 bits per heavy atom. The van der Waals surface area contributed by atoms with E-state index in [9.17, 15) is 4.79 Å². The standard InChI is InChI=1S/C18H23NO4.C2H6/c1-3-14-8-5-6-9-15(14)10-7-11-21-13-16-12-17(19-23-16)18(20)22-4-2;1-2/h3,5-6,8-10,16H,4,7,11-13H2,1-2H3;1-2H3/b14-3-,15-10-;. The smallest absolute Gasteiger partial charge is 0.356 e. The minimum atomic E-state index is -0.407. The van der Waals surface area contributed by atoms with E-state index in [0.717, 1.165) is 6.42 Å². The number of ether oxygens (including phenoxy) is 2. The number of carbonyl (C=O) groups is 1. The molecule has 1 atom stereocenters. The molecular formula is C20H29NO4. The van der Waals surface area contributed by atoms with Crippen molar-refractivity contribution in [2.75, 3.05) is 19.8 Å². The fourth-order valence-electron chi connectivity index (χ4n) is 2.32. The molecular weight excluding hydrogens is 318 g/mol. The molecule has 0 aliphatic carbocycles. The van der Waals surface area contributed by atoms with Gasteiger partial charge in [-0.1, -0.05) is 55.4 Å². The summed E-state index contributed by atoms with van der Waals surface area (Å²) in [5.41, 5.74) is 0.333. The molecule has 1 aromatic rings. The molecule has 5 heteroatoms. The third-order valence-corrected chi connectivity index (χ3v) is 3.48. The second-order valence-electron chi connectivity index (χ2n) is 5.18. The van der Waals surface area contributed by atoms with Gasteiger partial charge in [0.25, 0.3) is 0 Å². The van der Waals surface area contributed by atoms with E-state index < -0.39 is 5.97 Å². The normalized spacial score (nSPS) is 17.4. The number of oxime groups is 1. The minimum absolute atomic E-state index is 0.203. The van der Waals surface area contributed by atoms with E-state index in [4.69, 9.17) is 14.3 Å². The van der Waals surface area contributed by atoms with Crippen molar-refractivity contribution >= 4 is 23.8 Å². The molecule has 0 saturated heterocycles. The first-order chi connectivity index (χ1) is 12.2. The molecule has 0 saturated carbocycles. The highest BCUT2D eigenvalue weighted by molar-refractivity contribution is 6.36. The van der Waals surface area contributed by atoms with Crippen LogP contribution in [0.25, 0.3) is 12.2 Å². The first kappa shape index (κ1) is 20.9. The number of hydrogen-bond donors (Lipinski definition) is 0. The van der Waals surface area contributed by atoms with Crippen LogP contribution in [-0.4, -0.2) is 37.6 Å². The third kappa shape index (κ3) is 7.10. The van der Waals surface area contributed by atoms with E-state index in [1.165, 1.54) is 10.4 Å². The summed E-state index contributed by atoms with van der Waals surface area (Å²) in [5.74, 6) is -0.407. The van der Waals surface area contributed by atoms with Gasteiger partial charge in [-0.25, -0.2) is 4.79 Å². The molecule has 138 valence electrons. The van der Waals surface area contributed by atoms with Crippen LogP contribution in [0.4, 0.5) is 0 Å². The van der Waals surface area contributed by atoms with Crippen LogP contribution in [0.5, 0.6) is 0 Å². The molecule has 5 nitrogen and oxygen atoms in total. The highest BCUT2D eigenvalue weighted by Crippen LogP contribution is 2.12. The van der Waals surface area contributed by atoms with Crippen molar-refractivity contribution in [1.29, 1.82) is 0 Å². The maximum absolute atomic E-state index is 11.5. The number of hydrogen-bond acceptors (Lipinski definition) is 5. The summed E-state index contributed by atoms with van der Waals surface area (Å²) < 4.78 is 10.5. The highest BCUT2D eigenvalue weighted by Gasteiger charge is 2.26. The fourth-order valence-corrected chi connectivity index (χ4v) is 2.32. The molecule has 1 unspecified atom stereocenters. The predicted octanol–water partition coefficient (Wildman–Crippen LogP) is 2.41. The third-order valence-electron chi connectivity index (χ3n) is 3.48. The lowest BCUT2D eigenvalue weighted by molar-refractivity contribution is -0.135. The summed E-state index contributed by atoms with van der Waals surface area (Å²) >= 11 is 0. The first-order valence-electron chi connectivity index (χ1n) is 8.93. The molecule has 0 aromatic heterocycles. The molecule has 0 amide bonds. The van der Waals surface area contributed by atoms with Gasteiger partial charge in [-0.15, -0.1) is 0 Å². The lowest BCUT2D eigenvalue weighted by atomic mass is 10.2. The molecule has 0 fully saturated rings. The Bertz CT molecular complexity index is 667. The zero-order chi connectivity index (χ0) is 18.5. The molecule has 1 aliphatic heterocycles. The van der Waals surface area contributed by atoms with Gasteiger partial charge in [0.2, 0.25) is 0 Å². The van der Waals surface area contributed by atoms with Crippen molar-refractivity contribution in [3.05, 3.63) is 34.7 Å². The van der Waals surface area contributed by atoms with Gasteiger partial charge < -0.3 is 14.3 Å². The number of nitrogens with zero attached hydrogens (tertiary/aromatic N) is 1. The molecule has 1 aliphatic rings. The van der Waals surface area contributed by atoms with Gasteiger partial charge in [-0.3, -0.25) is 0 Å². The molecule has 0 radical (unpaired) electrons. The zero-order valence-corrected chi connectivity index (χ0v) is 15.7. The topological polar surface area (TPSA) is 57.1 Å². The van der Waals surface area contributed by atoms with Crippen molar-refractivity contribution in [1.82, 2.24) is 0 Å². The zero-order valence-electron chi connectivity index (χ0n) is 15.7. The average Bonchev–Trinajstić information content (AvgIpc) is 3.13. The molecule has 2 rings (SSSR count). The van der Waals surface area contributed by atoms with Crippen LogP contribution in [0, 0.1) is 0 Å². The summed E-state index contributed by atoms with van der Waals surface area (Å²) in [6, 6.07) is 8.24. The van der Waals surface area contributed by atoms with Crippen molar-refractivity contribution in [2.24, 2.45) is 5.16 Å². The number of rotatable bonds is 7. The van der Waals surface area contributed by atoms with Gasteiger partial charge in [-0.05, 0) is 30.7 Å². The van der Waals surface area contributed by atoms with Crippen LogP contribution in [0.2, 0.25) is 0 Å². The Morgan fingerprint density at radius 2 is 2.04 bits per heavy atom. The SMILES string of the molecule is C/C=c1/cccc/c1=C/CCOCC1CC(C(=O)OCC)=NO1.CC. The number of carbonyl (C=O) groups excluding carboxylic acids is 1. The van der Waals surface area contributed by atoms with Gasteiger partial charge in [0.15, 0.2) is 11.8 Å². The first-order valence-corrected chi connectivity index (χ1v) is 8.93. The Morgan fingerprint density at radius 3 is 2.72 bits per heavy atom. The van der Waals surface area contributed by atoms with E-state index in [1.807, 2.05) is 32.9 Å². The average molecular weight is 347 g/mol. The molecule has 0 bridgehead atoms. The summed E-state index contributed by atoms with van der Waals surface area (Å²) in [5, 5.41) is 6.19. The second-order valence-corrected chi connectivity index (χ2v) is 5.18. The Labute approximate surface area is 150 Å². The van der Waals surface area contributed by atoms with Gasteiger partial charge in [-0.2, -0.15) is 0 Å².